The molecule has 1 fully saturated rings. The highest BCUT2D eigenvalue weighted by molar-refractivity contribution is 8.18. The maximum Gasteiger partial charge on any atom is 0.286 e. The van der Waals surface area contributed by atoms with Crippen LogP contribution in [0.15, 0.2) is 95.0 Å². The summed E-state index contributed by atoms with van der Waals surface area (Å²) in [5.41, 5.74) is 4.35. The minimum absolute atomic E-state index is 0.0810. The molecule has 1 aromatic heterocycles. The monoisotopic (exact) mass is 584 g/mol. The molecule has 0 saturated carbocycles. The van der Waals surface area contributed by atoms with Crippen molar-refractivity contribution >= 4 is 40.5 Å². The van der Waals surface area contributed by atoms with Gasteiger partial charge in [0.25, 0.3) is 5.91 Å². The van der Waals surface area contributed by atoms with Gasteiger partial charge in [0.05, 0.1) is 28.5 Å². The van der Waals surface area contributed by atoms with Crippen LogP contribution in [0.2, 0.25) is 5.02 Å². The molecule has 0 radical (unpaired) electrons. The van der Waals surface area contributed by atoms with Crippen LogP contribution in [0.1, 0.15) is 25.0 Å². The van der Waals surface area contributed by atoms with E-state index in [0.717, 1.165) is 39.0 Å². The number of amidine groups is 1. The first-order valence-electron chi connectivity index (χ1n) is 13.5. The van der Waals surface area contributed by atoms with Crippen molar-refractivity contribution in [2.75, 3.05) is 13.1 Å². The van der Waals surface area contributed by atoms with Crippen LogP contribution in [0.3, 0.4) is 0 Å². The average Bonchev–Trinajstić information content (AvgIpc) is 3.56. The molecular weight excluding hydrogens is 556 g/mol. The Kier molecular flexibility index (Phi) is 7.96. The van der Waals surface area contributed by atoms with Crippen molar-refractivity contribution in [3.8, 4) is 22.7 Å². The number of thioether (sulfide) groups is 1. The van der Waals surface area contributed by atoms with Gasteiger partial charge in [-0.3, -0.25) is 4.79 Å². The topological polar surface area (TPSA) is 69.0 Å². The summed E-state index contributed by atoms with van der Waals surface area (Å²) in [6.45, 7) is 5.87. The molecule has 1 amide bonds. The number of amides is 1. The largest absolute Gasteiger partial charge is 0.489 e. The maximum absolute atomic E-state index is 13.0. The van der Waals surface area contributed by atoms with E-state index in [1.165, 1.54) is 11.8 Å². The van der Waals surface area contributed by atoms with Gasteiger partial charge in [0, 0.05) is 41.0 Å². The lowest BCUT2D eigenvalue weighted by Crippen LogP contribution is -2.47. The van der Waals surface area contributed by atoms with Crippen LogP contribution >= 0.6 is 23.4 Å². The van der Waals surface area contributed by atoms with Gasteiger partial charge >= 0.3 is 0 Å². The van der Waals surface area contributed by atoms with Crippen LogP contribution in [0.4, 0.5) is 0 Å². The molecule has 3 heterocycles. The highest BCUT2D eigenvalue weighted by Crippen LogP contribution is 2.34. The predicted molar refractivity (Wildman–Crippen MR) is 164 cm³/mol. The summed E-state index contributed by atoms with van der Waals surface area (Å²) >= 11 is 7.68. The molecule has 6 rings (SSSR count). The Bertz CT molecular complexity index is 1610. The van der Waals surface area contributed by atoms with Gasteiger partial charge in [0.2, 0.25) is 0 Å². The van der Waals surface area contributed by atoms with Gasteiger partial charge in [-0.1, -0.05) is 48.0 Å². The number of rotatable bonds is 6. The number of benzene rings is 3. The van der Waals surface area contributed by atoms with Crippen LogP contribution < -0.4 is 4.74 Å². The fourth-order valence-corrected chi connectivity index (χ4v) is 6.04. The summed E-state index contributed by atoms with van der Waals surface area (Å²) in [6, 6.07) is 25.3. The van der Waals surface area contributed by atoms with E-state index in [-0.39, 0.29) is 18.1 Å². The van der Waals surface area contributed by atoms with Crippen molar-refractivity contribution in [2.45, 2.75) is 32.7 Å². The fourth-order valence-electron chi connectivity index (χ4n) is 4.92. The van der Waals surface area contributed by atoms with E-state index < -0.39 is 0 Å². The second kappa shape index (κ2) is 11.9. The molecular formula is C32H29ClN4O3S. The number of halogens is 1. The number of nitrogens with zero attached hydrogens (tertiary/aromatic N) is 4. The number of aromatic nitrogens is 2. The standard InChI is InChI=1S/C32H29ClN4O3S/c1-21-17-36(18-22(2)40-21)32-34-31(38)29(41-32)16-25-19-37(26-9-4-3-5-10-26)35-30(25)23-12-14-27(15-13-23)39-20-24-8-6-7-11-28(24)33/h3-16,19,21-22H,17-18,20H2,1-2H3. The third kappa shape index (κ3) is 6.25. The van der Waals surface area contributed by atoms with Crippen molar-refractivity contribution < 1.29 is 14.3 Å². The summed E-state index contributed by atoms with van der Waals surface area (Å²) in [4.78, 5) is 20.1. The van der Waals surface area contributed by atoms with E-state index in [1.807, 2.05) is 110 Å². The zero-order chi connectivity index (χ0) is 28.3. The summed E-state index contributed by atoms with van der Waals surface area (Å²) in [5, 5.41) is 6.31. The number of hydrogen-bond donors (Lipinski definition) is 0. The van der Waals surface area contributed by atoms with Crippen molar-refractivity contribution in [3.05, 3.63) is 106 Å². The Balaban J connectivity index is 1.27. The molecule has 2 atom stereocenters. The third-order valence-corrected chi connectivity index (χ3v) is 8.24. The normalized spacial score (nSPS) is 20.0. The van der Waals surface area contributed by atoms with Crippen LogP contribution in [-0.4, -0.2) is 51.1 Å². The number of carbonyl (C=O) groups excluding carboxylic acids is 1. The first kappa shape index (κ1) is 27.3. The number of aliphatic imine (C=N–C) groups is 1. The molecule has 0 bridgehead atoms. The number of ether oxygens (including phenoxy) is 2. The van der Waals surface area contributed by atoms with E-state index >= 15 is 0 Å². The van der Waals surface area contributed by atoms with Gasteiger partial charge in [-0.2, -0.15) is 10.1 Å². The molecule has 1 saturated heterocycles. The zero-order valence-electron chi connectivity index (χ0n) is 22.7. The lowest BCUT2D eigenvalue weighted by molar-refractivity contribution is -0.113. The Morgan fingerprint density at radius 2 is 1.71 bits per heavy atom. The summed E-state index contributed by atoms with van der Waals surface area (Å²) in [6.07, 6.45) is 4.00. The van der Waals surface area contributed by atoms with Crippen LogP contribution in [0, 0.1) is 0 Å². The second-order valence-corrected chi connectivity index (χ2v) is 11.5. The third-order valence-electron chi connectivity index (χ3n) is 6.83. The molecule has 208 valence electrons. The number of para-hydroxylation sites is 1. The van der Waals surface area contributed by atoms with Gasteiger partial charge in [-0.15, -0.1) is 0 Å². The van der Waals surface area contributed by atoms with E-state index in [1.54, 1.807) is 0 Å². The minimum Gasteiger partial charge on any atom is -0.489 e. The van der Waals surface area contributed by atoms with E-state index in [4.69, 9.17) is 26.2 Å². The molecule has 2 unspecified atom stereocenters. The molecule has 7 nitrogen and oxygen atoms in total. The Labute approximate surface area is 248 Å². The number of carbonyl (C=O) groups is 1. The van der Waals surface area contributed by atoms with E-state index in [0.29, 0.717) is 29.6 Å². The first-order valence-corrected chi connectivity index (χ1v) is 14.7. The van der Waals surface area contributed by atoms with Gasteiger partial charge in [-0.05, 0) is 74.1 Å². The van der Waals surface area contributed by atoms with Gasteiger partial charge in [0.1, 0.15) is 12.4 Å². The SMILES string of the molecule is CC1CN(C2=NC(=O)C(=Cc3cn(-c4ccccc4)nc3-c3ccc(OCc4ccccc4Cl)cc3)S2)CC(C)O1. The van der Waals surface area contributed by atoms with Crippen molar-refractivity contribution in [2.24, 2.45) is 4.99 Å². The molecule has 2 aliphatic rings. The zero-order valence-corrected chi connectivity index (χ0v) is 24.3. The van der Waals surface area contributed by atoms with Crippen molar-refractivity contribution in [1.82, 2.24) is 14.7 Å². The fraction of sp³-hybridized carbons (Fsp3) is 0.219. The summed E-state index contributed by atoms with van der Waals surface area (Å²) in [5.74, 6) is 0.489. The summed E-state index contributed by atoms with van der Waals surface area (Å²) in [7, 11) is 0. The van der Waals surface area contributed by atoms with Gasteiger partial charge in [0.15, 0.2) is 5.17 Å². The Morgan fingerprint density at radius 3 is 2.44 bits per heavy atom. The molecule has 4 aromatic rings. The van der Waals surface area contributed by atoms with Gasteiger partial charge < -0.3 is 14.4 Å². The molecule has 2 aliphatic heterocycles. The van der Waals surface area contributed by atoms with E-state index in [9.17, 15) is 4.79 Å². The van der Waals surface area contributed by atoms with Crippen LogP contribution in [-0.2, 0) is 16.1 Å². The lowest BCUT2D eigenvalue weighted by Gasteiger charge is -2.35. The first-order chi connectivity index (χ1) is 19.9. The second-order valence-electron chi connectivity index (χ2n) is 10.1. The highest BCUT2D eigenvalue weighted by atomic mass is 35.5. The van der Waals surface area contributed by atoms with Crippen molar-refractivity contribution in [1.29, 1.82) is 0 Å². The summed E-state index contributed by atoms with van der Waals surface area (Å²) < 4.78 is 13.7. The van der Waals surface area contributed by atoms with Crippen LogP contribution in [0.25, 0.3) is 23.0 Å². The lowest BCUT2D eigenvalue weighted by atomic mass is 10.1. The number of hydrogen-bond acceptors (Lipinski definition) is 6. The molecule has 0 aliphatic carbocycles. The van der Waals surface area contributed by atoms with Crippen molar-refractivity contribution in [3.63, 3.8) is 0 Å². The number of morpholine rings is 1. The predicted octanol–water partition coefficient (Wildman–Crippen LogP) is 6.85. The molecule has 41 heavy (non-hydrogen) atoms. The highest BCUT2D eigenvalue weighted by Gasteiger charge is 2.31. The Hall–Kier alpha value is -3.85. The Morgan fingerprint density at radius 1 is 1.00 bits per heavy atom. The van der Waals surface area contributed by atoms with Gasteiger partial charge in [-0.25, -0.2) is 4.68 Å². The molecule has 0 spiro atoms. The maximum atomic E-state index is 13.0. The molecule has 9 heteroatoms. The molecule has 3 aromatic carbocycles. The van der Waals surface area contributed by atoms with Crippen LogP contribution in [0.5, 0.6) is 5.75 Å². The average molecular weight is 585 g/mol. The van der Waals surface area contributed by atoms with E-state index in [2.05, 4.69) is 9.89 Å². The molecule has 0 N–H and O–H groups in total. The smallest absolute Gasteiger partial charge is 0.286 e. The minimum atomic E-state index is -0.237. The quantitative estimate of drug-likeness (QED) is 0.231.